The van der Waals surface area contributed by atoms with E-state index in [-0.39, 0.29) is 11.4 Å². The minimum Gasteiger partial charge on any atom is -0.393 e. The van der Waals surface area contributed by atoms with Crippen LogP contribution in [0.2, 0.25) is 0 Å². The monoisotopic (exact) mass is 209 g/mol. The van der Waals surface area contributed by atoms with Gasteiger partial charge in [-0.3, -0.25) is 14.3 Å². The quantitative estimate of drug-likeness (QED) is 0.735. The number of hydrogen-bond donors (Lipinski definition) is 2. The highest BCUT2D eigenvalue weighted by Crippen LogP contribution is 2.25. The van der Waals surface area contributed by atoms with Crippen LogP contribution in [0.25, 0.3) is 0 Å². The van der Waals surface area contributed by atoms with Crippen LogP contribution in [-0.2, 0) is 6.54 Å². The number of nitrogen functional groups attached to an aromatic ring is 1. The molecule has 0 saturated heterocycles. The van der Waals surface area contributed by atoms with E-state index >= 15 is 0 Å². The number of H-pyrrole nitrogens is 1. The van der Waals surface area contributed by atoms with Crippen molar-refractivity contribution in [3.63, 3.8) is 0 Å². The predicted octanol–water partition coefficient (Wildman–Crippen LogP) is 0.309. The molecule has 1 aliphatic rings. The fourth-order valence-corrected chi connectivity index (χ4v) is 2.13. The molecule has 1 aromatic rings. The number of aromatic nitrogens is 2. The Morgan fingerprint density at radius 2 is 2.07 bits per heavy atom. The van der Waals surface area contributed by atoms with Crippen molar-refractivity contribution in [2.24, 2.45) is 5.92 Å². The summed E-state index contributed by atoms with van der Waals surface area (Å²) in [6, 6.07) is 0. The van der Waals surface area contributed by atoms with Crippen molar-refractivity contribution >= 4 is 5.69 Å². The number of anilines is 1. The van der Waals surface area contributed by atoms with Crippen molar-refractivity contribution < 1.29 is 0 Å². The number of nitrogens with two attached hydrogens (primary N) is 1. The standard InChI is InChI=1S/C10H15N3O2/c11-8-6-13(10(15)12-9(8)14)5-7-3-1-2-4-7/h6-7H,1-5,11H2,(H,12,14,15). The number of nitrogens with one attached hydrogen (secondary N) is 1. The van der Waals surface area contributed by atoms with Crippen LogP contribution in [0.3, 0.4) is 0 Å². The van der Waals surface area contributed by atoms with E-state index in [1.807, 2.05) is 0 Å². The molecule has 0 radical (unpaired) electrons. The molecule has 2 rings (SSSR count). The lowest BCUT2D eigenvalue weighted by Crippen LogP contribution is -2.32. The van der Waals surface area contributed by atoms with Gasteiger partial charge in [-0.25, -0.2) is 4.79 Å². The fourth-order valence-electron chi connectivity index (χ4n) is 2.13. The second-order valence-corrected chi connectivity index (χ2v) is 4.15. The van der Waals surface area contributed by atoms with Crippen molar-refractivity contribution in [1.82, 2.24) is 9.55 Å². The number of rotatable bonds is 2. The minimum absolute atomic E-state index is 0.104. The summed E-state index contributed by atoms with van der Waals surface area (Å²) in [5, 5.41) is 0. The molecule has 5 heteroatoms. The molecule has 0 atom stereocenters. The van der Waals surface area contributed by atoms with E-state index in [2.05, 4.69) is 4.98 Å². The van der Waals surface area contributed by atoms with E-state index in [4.69, 9.17) is 5.73 Å². The second kappa shape index (κ2) is 3.92. The van der Waals surface area contributed by atoms with Gasteiger partial charge in [-0.1, -0.05) is 12.8 Å². The van der Waals surface area contributed by atoms with Gasteiger partial charge in [-0.2, -0.15) is 0 Å². The number of nitrogens with zero attached hydrogens (tertiary/aromatic N) is 1. The van der Waals surface area contributed by atoms with E-state index in [1.54, 1.807) is 0 Å². The smallest absolute Gasteiger partial charge is 0.328 e. The maximum Gasteiger partial charge on any atom is 0.328 e. The maximum atomic E-state index is 11.4. The summed E-state index contributed by atoms with van der Waals surface area (Å²) in [4.78, 5) is 24.7. The van der Waals surface area contributed by atoms with Gasteiger partial charge in [0.05, 0.1) is 0 Å². The Balaban J connectivity index is 2.24. The Bertz CT molecular complexity index is 454. The first kappa shape index (κ1) is 10.0. The normalized spacial score (nSPS) is 17.1. The Morgan fingerprint density at radius 1 is 1.40 bits per heavy atom. The van der Waals surface area contributed by atoms with Crippen LogP contribution >= 0.6 is 0 Å². The Hall–Kier alpha value is -1.52. The zero-order chi connectivity index (χ0) is 10.8. The molecule has 15 heavy (non-hydrogen) atoms. The molecule has 0 unspecified atom stereocenters. The molecule has 1 aliphatic carbocycles. The van der Waals surface area contributed by atoms with Crippen molar-refractivity contribution in [3.05, 3.63) is 27.0 Å². The van der Waals surface area contributed by atoms with E-state index < -0.39 is 5.56 Å². The van der Waals surface area contributed by atoms with Crippen molar-refractivity contribution in [2.75, 3.05) is 5.73 Å². The first-order valence-electron chi connectivity index (χ1n) is 5.26. The van der Waals surface area contributed by atoms with Gasteiger partial charge >= 0.3 is 5.69 Å². The summed E-state index contributed by atoms with van der Waals surface area (Å²) in [5.74, 6) is 0.549. The molecule has 0 spiro atoms. The first-order chi connectivity index (χ1) is 7.16. The number of aromatic amines is 1. The molecule has 1 heterocycles. The molecular weight excluding hydrogens is 194 g/mol. The van der Waals surface area contributed by atoms with Gasteiger partial charge in [0.2, 0.25) is 0 Å². The van der Waals surface area contributed by atoms with Gasteiger partial charge in [0.15, 0.2) is 0 Å². The summed E-state index contributed by atoms with van der Waals surface area (Å²) in [5.41, 5.74) is 4.71. The van der Waals surface area contributed by atoms with Crippen molar-refractivity contribution in [3.8, 4) is 0 Å². The van der Waals surface area contributed by atoms with Gasteiger partial charge < -0.3 is 5.73 Å². The van der Waals surface area contributed by atoms with Crippen molar-refractivity contribution in [1.29, 1.82) is 0 Å². The van der Waals surface area contributed by atoms with Crippen molar-refractivity contribution in [2.45, 2.75) is 32.2 Å². The van der Waals surface area contributed by atoms with Crippen LogP contribution in [0, 0.1) is 5.92 Å². The highest BCUT2D eigenvalue weighted by atomic mass is 16.2. The third kappa shape index (κ3) is 2.11. The van der Waals surface area contributed by atoms with Crippen LogP contribution in [-0.4, -0.2) is 9.55 Å². The third-order valence-corrected chi connectivity index (χ3v) is 2.97. The summed E-state index contributed by atoms with van der Waals surface area (Å²) in [7, 11) is 0. The molecule has 5 nitrogen and oxygen atoms in total. The molecule has 1 aromatic heterocycles. The van der Waals surface area contributed by atoms with E-state index in [0.717, 1.165) is 12.8 Å². The second-order valence-electron chi connectivity index (χ2n) is 4.15. The van der Waals surface area contributed by atoms with Crippen LogP contribution in [0.5, 0.6) is 0 Å². The summed E-state index contributed by atoms with van der Waals surface area (Å²) in [6.07, 6.45) is 6.23. The molecule has 82 valence electrons. The van der Waals surface area contributed by atoms with Gasteiger partial charge in [-0.05, 0) is 18.8 Å². The SMILES string of the molecule is Nc1cn(CC2CCCC2)c(=O)[nH]c1=O. The third-order valence-electron chi connectivity index (χ3n) is 2.97. The molecule has 3 N–H and O–H groups in total. The predicted molar refractivity (Wildman–Crippen MR) is 57.7 cm³/mol. The highest BCUT2D eigenvalue weighted by Gasteiger charge is 2.16. The lowest BCUT2D eigenvalue weighted by Gasteiger charge is -2.11. The van der Waals surface area contributed by atoms with E-state index in [9.17, 15) is 9.59 Å². The van der Waals surface area contributed by atoms with Crippen LogP contribution in [0.15, 0.2) is 15.8 Å². The average molecular weight is 209 g/mol. The molecule has 1 saturated carbocycles. The highest BCUT2D eigenvalue weighted by molar-refractivity contribution is 5.30. The first-order valence-corrected chi connectivity index (χ1v) is 5.26. The van der Waals surface area contributed by atoms with Crippen LogP contribution < -0.4 is 17.0 Å². The molecule has 0 bridgehead atoms. The lowest BCUT2D eigenvalue weighted by molar-refractivity contribution is 0.444. The summed E-state index contributed by atoms with van der Waals surface area (Å²) in [6.45, 7) is 0.666. The fraction of sp³-hybridized carbons (Fsp3) is 0.600. The topological polar surface area (TPSA) is 80.9 Å². The molecule has 0 aliphatic heterocycles. The molecule has 0 aromatic carbocycles. The van der Waals surface area contributed by atoms with Crippen LogP contribution in [0.1, 0.15) is 25.7 Å². The maximum absolute atomic E-state index is 11.4. The zero-order valence-corrected chi connectivity index (χ0v) is 8.53. The Morgan fingerprint density at radius 3 is 2.73 bits per heavy atom. The lowest BCUT2D eigenvalue weighted by atomic mass is 10.1. The van der Waals surface area contributed by atoms with Gasteiger partial charge in [0.1, 0.15) is 5.69 Å². The molecule has 1 fully saturated rings. The molecular formula is C10H15N3O2. The van der Waals surface area contributed by atoms with Gasteiger partial charge in [0.25, 0.3) is 5.56 Å². The Labute approximate surface area is 86.9 Å². The van der Waals surface area contributed by atoms with E-state index in [0.29, 0.717) is 12.5 Å². The van der Waals surface area contributed by atoms with E-state index in [1.165, 1.54) is 23.6 Å². The summed E-state index contributed by atoms with van der Waals surface area (Å²) < 4.78 is 1.51. The largest absolute Gasteiger partial charge is 0.393 e. The van der Waals surface area contributed by atoms with Gasteiger partial charge in [0, 0.05) is 12.7 Å². The van der Waals surface area contributed by atoms with Crippen LogP contribution in [0.4, 0.5) is 5.69 Å². The average Bonchev–Trinajstić information content (AvgIpc) is 2.67. The van der Waals surface area contributed by atoms with Gasteiger partial charge in [-0.15, -0.1) is 0 Å². The number of hydrogen-bond acceptors (Lipinski definition) is 3. The Kier molecular flexibility index (Phi) is 2.62. The molecule has 0 amide bonds. The minimum atomic E-state index is -0.498. The summed E-state index contributed by atoms with van der Waals surface area (Å²) >= 11 is 0. The zero-order valence-electron chi connectivity index (χ0n) is 8.53.